The summed E-state index contributed by atoms with van der Waals surface area (Å²) >= 11 is 0. The van der Waals surface area contributed by atoms with Gasteiger partial charge in [0.2, 0.25) is 10.0 Å². The normalized spacial score (nSPS) is 19.9. The molecule has 1 fully saturated rings. The van der Waals surface area contributed by atoms with E-state index in [1.165, 1.54) is 19.3 Å². The molecule has 0 spiro atoms. The Bertz CT molecular complexity index is 510. The van der Waals surface area contributed by atoms with Gasteiger partial charge in [0.15, 0.2) is 0 Å². The molecule has 19 heavy (non-hydrogen) atoms. The van der Waals surface area contributed by atoms with E-state index in [0.29, 0.717) is 11.7 Å². The van der Waals surface area contributed by atoms with Gasteiger partial charge in [0.25, 0.3) is 0 Å². The monoisotopic (exact) mass is 283 g/mol. The molecule has 0 aliphatic carbocycles. The highest BCUT2D eigenvalue weighted by Gasteiger charge is 2.11. The van der Waals surface area contributed by atoms with Crippen molar-refractivity contribution in [1.29, 1.82) is 0 Å². The molecule has 3 N–H and O–H groups in total. The Morgan fingerprint density at radius 2 is 2.11 bits per heavy atom. The van der Waals surface area contributed by atoms with Crippen LogP contribution in [0.5, 0.6) is 0 Å². The van der Waals surface area contributed by atoms with E-state index in [4.69, 9.17) is 0 Å². The van der Waals surface area contributed by atoms with Crippen LogP contribution in [0.15, 0.2) is 24.3 Å². The van der Waals surface area contributed by atoms with Gasteiger partial charge in [-0.25, -0.2) is 8.42 Å². The van der Waals surface area contributed by atoms with Crippen molar-refractivity contribution in [2.75, 3.05) is 29.4 Å². The van der Waals surface area contributed by atoms with Crippen LogP contribution in [0.1, 0.15) is 19.3 Å². The molecule has 5 nitrogen and oxygen atoms in total. The van der Waals surface area contributed by atoms with Gasteiger partial charge in [-0.3, -0.25) is 4.72 Å². The zero-order valence-corrected chi connectivity index (χ0v) is 12.0. The summed E-state index contributed by atoms with van der Waals surface area (Å²) in [6.45, 7) is 1.95. The van der Waals surface area contributed by atoms with Crippen molar-refractivity contribution in [1.82, 2.24) is 5.32 Å². The molecule has 2 rings (SSSR count). The highest BCUT2D eigenvalue weighted by atomic mass is 32.2. The van der Waals surface area contributed by atoms with Crippen molar-refractivity contribution in [3.63, 3.8) is 0 Å². The lowest BCUT2D eigenvalue weighted by atomic mass is 10.1. The maximum absolute atomic E-state index is 11.2. The van der Waals surface area contributed by atoms with Gasteiger partial charge in [0.05, 0.1) is 11.9 Å². The van der Waals surface area contributed by atoms with Gasteiger partial charge in [-0.05, 0) is 37.6 Å². The predicted octanol–water partition coefficient (Wildman–Crippen LogP) is 1.61. The van der Waals surface area contributed by atoms with E-state index in [1.807, 2.05) is 18.2 Å². The van der Waals surface area contributed by atoms with Crippen LogP contribution < -0.4 is 15.4 Å². The molecular weight excluding hydrogens is 262 g/mol. The largest absolute Gasteiger partial charge is 0.383 e. The SMILES string of the molecule is CS(=O)(=O)Nc1cccc(NCC2CCCCN2)c1. The summed E-state index contributed by atoms with van der Waals surface area (Å²) in [5, 5.41) is 6.81. The number of benzene rings is 1. The molecule has 1 aromatic carbocycles. The van der Waals surface area contributed by atoms with E-state index in [2.05, 4.69) is 15.4 Å². The van der Waals surface area contributed by atoms with Gasteiger partial charge >= 0.3 is 0 Å². The molecule has 0 amide bonds. The fourth-order valence-corrected chi connectivity index (χ4v) is 2.80. The van der Waals surface area contributed by atoms with E-state index in [-0.39, 0.29) is 0 Å². The van der Waals surface area contributed by atoms with Crippen LogP contribution in [0.4, 0.5) is 11.4 Å². The van der Waals surface area contributed by atoms with Gasteiger partial charge in [0.1, 0.15) is 0 Å². The van der Waals surface area contributed by atoms with Gasteiger partial charge in [-0.1, -0.05) is 12.5 Å². The van der Waals surface area contributed by atoms with E-state index in [0.717, 1.165) is 25.0 Å². The first-order chi connectivity index (χ1) is 9.03. The second kappa shape index (κ2) is 6.25. The van der Waals surface area contributed by atoms with Crippen LogP contribution in [-0.2, 0) is 10.0 Å². The zero-order valence-electron chi connectivity index (χ0n) is 11.1. The third kappa shape index (κ3) is 5.08. The van der Waals surface area contributed by atoms with Crippen LogP contribution in [0.3, 0.4) is 0 Å². The summed E-state index contributed by atoms with van der Waals surface area (Å²) in [6.07, 6.45) is 4.87. The van der Waals surface area contributed by atoms with Crippen LogP contribution in [0.2, 0.25) is 0 Å². The molecule has 1 aliphatic rings. The van der Waals surface area contributed by atoms with Gasteiger partial charge in [0, 0.05) is 18.3 Å². The molecule has 1 aliphatic heterocycles. The molecule has 0 saturated carbocycles. The Kier molecular flexibility index (Phi) is 4.66. The first kappa shape index (κ1) is 14.1. The van der Waals surface area contributed by atoms with Gasteiger partial charge in [-0.2, -0.15) is 0 Å². The Labute approximate surface area is 114 Å². The van der Waals surface area contributed by atoms with Gasteiger partial charge < -0.3 is 10.6 Å². The van der Waals surface area contributed by atoms with E-state index in [1.54, 1.807) is 6.07 Å². The molecule has 0 aromatic heterocycles. The Morgan fingerprint density at radius 3 is 2.79 bits per heavy atom. The molecule has 1 saturated heterocycles. The lowest BCUT2D eigenvalue weighted by molar-refractivity contribution is 0.414. The smallest absolute Gasteiger partial charge is 0.229 e. The standard InChI is InChI=1S/C13H21N3O2S/c1-19(17,18)16-12-7-4-6-11(9-12)15-10-13-5-2-3-8-14-13/h4,6-7,9,13-16H,2-3,5,8,10H2,1H3. The number of hydrogen-bond donors (Lipinski definition) is 3. The lowest BCUT2D eigenvalue weighted by Gasteiger charge is -2.24. The van der Waals surface area contributed by atoms with Gasteiger partial charge in [-0.15, -0.1) is 0 Å². The summed E-state index contributed by atoms with van der Waals surface area (Å²) in [4.78, 5) is 0. The first-order valence-electron chi connectivity index (χ1n) is 6.58. The molecule has 106 valence electrons. The first-order valence-corrected chi connectivity index (χ1v) is 8.47. The summed E-state index contributed by atoms with van der Waals surface area (Å²) < 4.78 is 24.8. The quantitative estimate of drug-likeness (QED) is 0.768. The van der Waals surface area contributed by atoms with E-state index < -0.39 is 10.0 Å². The minimum atomic E-state index is -3.22. The molecule has 1 aromatic rings. The number of anilines is 2. The van der Waals surface area contributed by atoms with Crippen molar-refractivity contribution in [3.05, 3.63) is 24.3 Å². The van der Waals surface area contributed by atoms with Crippen LogP contribution in [-0.4, -0.2) is 33.8 Å². The fourth-order valence-electron chi connectivity index (χ4n) is 2.25. The second-order valence-corrected chi connectivity index (χ2v) is 6.73. The summed E-state index contributed by atoms with van der Waals surface area (Å²) in [5.41, 5.74) is 1.52. The van der Waals surface area contributed by atoms with Crippen molar-refractivity contribution < 1.29 is 8.42 Å². The molecule has 1 heterocycles. The number of sulfonamides is 1. The summed E-state index contributed by atoms with van der Waals surface area (Å²) in [6, 6.07) is 7.83. The average molecular weight is 283 g/mol. The predicted molar refractivity (Wildman–Crippen MR) is 79.0 cm³/mol. The Hall–Kier alpha value is -1.27. The molecule has 1 atom stereocenters. The van der Waals surface area contributed by atoms with Crippen molar-refractivity contribution in [3.8, 4) is 0 Å². The highest BCUT2D eigenvalue weighted by molar-refractivity contribution is 7.92. The van der Waals surface area contributed by atoms with Crippen molar-refractivity contribution in [2.45, 2.75) is 25.3 Å². The number of rotatable bonds is 5. The third-order valence-electron chi connectivity index (χ3n) is 3.13. The fraction of sp³-hybridized carbons (Fsp3) is 0.538. The van der Waals surface area contributed by atoms with E-state index in [9.17, 15) is 8.42 Å². The number of hydrogen-bond acceptors (Lipinski definition) is 4. The molecule has 1 unspecified atom stereocenters. The second-order valence-electron chi connectivity index (χ2n) is 4.98. The third-order valence-corrected chi connectivity index (χ3v) is 3.74. The molecule has 6 heteroatoms. The van der Waals surface area contributed by atoms with Crippen LogP contribution in [0.25, 0.3) is 0 Å². The summed E-state index contributed by atoms with van der Waals surface area (Å²) in [5.74, 6) is 0. The topological polar surface area (TPSA) is 70.2 Å². The maximum Gasteiger partial charge on any atom is 0.229 e. The molecular formula is C13H21N3O2S. The highest BCUT2D eigenvalue weighted by Crippen LogP contribution is 2.16. The molecule has 0 bridgehead atoms. The zero-order chi connectivity index (χ0) is 13.7. The maximum atomic E-state index is 11.2. The minimum Gasteiger partial charge on any atom is -0.383 e. The number of piperidine rings is 1. The summed E-state index contributed by atoms with van der Waals surface area (Å²) in [7, 11) is -3.22. The average Bonchev–Trinajstić information content (AvgIpc) is 2.36. The Balaban J connectivity index is 1.91. The van der Waals surface area contributed by atoms with Crippen molar-refractivity contribution >= 4 is 21.4 Å². The van der Waals surface area contributed by atoms with Crippen LogP contribution in [0, 0.1) is 0 Å². The van der Waals surface area contributed by atoms with Crippen LogP contribution >= 0.6 is 0 Å². The van der Waals surface area contributed by atoms with Crippen molar-refractivity contribution in [2.24, 2.45) is 0 Å². The molecule has 0 radical (unpaired) electrons. The Morgan fingerprint density at radius 1 is 1.32 bits per heavy atom. The lowest BCUT2D eigenvalue weighted by Crippen LogP contribution is -2.39. The van der Waals surface area contributed by atoms with E-state index >= 15 is 0 Å². The minimum absolute atomic E-state index is 0.500. The number of nitrogens with one attached hydrogen (secondary N) is 3.